The first kappa shape index (κ1) is 15.7. The summed E-state index contributed by atoms with van der Waals surface area (Å²) in [5.74, 6) is -1.32. The predicted molar refractivity (Wildman–Crippen MR) is 87.0 cm³/mol. The summed E-state index contributed by atoms with van der Waals surface area (Å²) in [4.78, 5) is 39.5. The van der Waals surface area contributed by atoms with Gasteiger partial charge in [0.25, 0.3) is 0 Å². The zero-order valence-corrected chi connectivity index (χ0v) is 13.2. The van der Waals surface area contributed by atoms with E-state index in [1.807, 2.05) is 11.0 Å². The first-order valence-corrected chi connectivity index (χ1v) is 8.29. The van der Waals surface area contributed by atoms with Crippen LogP contribution in [0.3, 0.4) is 0 Å². The molecule has 1 aromatic rings. The van der Waals surface area contributed by atoms with E-state index in [1.54, 1.807) is 30.5 Å². The lowest BCUT2D eigenvalue weighted by Gasteiger charge is -2.28. The highest BCUT2D eigenvalue weighted by atomic mass is 16.2. The molecule has 1 aromatic carbocycles. The van der Waals surface area contributed by atoms with Crippen LogP contribution in [-0.2, 0) is 9.59 Å². The summed E-state index contributed by atoms with van der Waals surface area (Å²) in [6.45, 7) is 1.75. The Morgan fingerprint density at radius 3 is 2.43 bits per heavy atom. The zero-order valence-electron chi connectivity index (χ0n) is 13.2. The molecule has 2 fully saturated rings. The van der Waals surface area contributed by atoms with Gasteiger partial charge in [-0.3, -0.25) is 14.4 Å². The Morgan fingerprint density at radius 2 is 1.74 bits per heavy atom. The molecule has 1 saturated heterocycles. The van der Waals surface area contributed by atoms with Gasteiger partial charge in [-0.2, -0.15) is 0 Å². The summed E-state index contributed by atoms with van der Waals surface area (Å²) in [6, 6.07) is 8.86. The molecule has 4 heteroatoms. The lowest BCUT2D eigenvalue weighted by atomic mass is 9.79. The van der Waals surface area contributed by atoms with Crippen LogP contribution < -0.4 is 0 Å². The zero-order chi connectivity index (χ0) is 16.2. The first-order chi connectivity index (χ1) is 11.2. The molecule has 1 unspecified atom stereocenters. The fourth-order valence-corrected chi connectivity index (χ4v) is 3.29. The largest absolute Gasteiger partial charge is 0.377 e. The molecule has 0 aromatic heterocycles. The number of benzene rings is 1. The van der Waals surface area contributed by atoms with Crippen LogP contribution in [0.4, 0.5) is 0 Å². The summed E-state index contributed by atoms with van der Waals surface area (Å²) in [6.07, 6.45) is 5.65. The molecule has 1 aliphatic carbocycles. The van der Waals surface area contributed by atoms with Crippen molar-refractivity contribution in [3.63, 3.8) is 0 Å². The summed E-state index contributed by atoms with van der Waals surface area (Å²) in [7, 11) is 0. The number of allylic oxidation sites excluding steroid dienone is 1. The molecule has 1 saturated carbocycles. The number of Topliss-reactive ketones (excluding diaryl/α,β-unsaturated/α-hetero) is 3. The SMILES string of the molecule is O=C1CCC(C(=O)c2ccccc2)C(=O)C1=CN1CCCCC1. The fraction of sp³-hybridized carbons (Fsp3) is 0.421. The maximum atomic E-state index is 12.7. The third kappa shape index (κ3) is 3.41. The second-order valence-electron chi connectivity index (χ2n) is 6.25. The molecule has 0 bridgehead atoms. The summed E-state index contributed by atoms with van der Waals surface area (Å²) in [5, 5.41) is 0. The Bertz CT molecular complexity index is 642. The smallest absolute Gasteiger partial charge is 0.178 e. The Labute approximate surface area is 136 Å². The van der Waals surface area contributed by atoms with E-state index in [4.69, 9.17) is 0 Å². The normalized spacial score (nSPS) is 24.1. The van der Waals surface area contributed by atoms with Gasteiger partial charge in [0.1, 0.15) is 0 Å². The van der Waals surface area contributed by atoms with Gasteiger partial charge in [-0.25, -0.2) is 0 Å². The lowest BCUT2D eigenvalue weighted by molar-refractivity contribution is -0.125. The molecule has 1 atom stereocenters. The molecule has 0 radical (unpaired) electrons. The molecule has 0 spiro atoms. The maximum Gasteiger partial charge on any atom is 0.178 e. The number of carbonyl (C=O) groups excluding carboxylic acids is 3. The third-order valence-electron chi connectivity index (χ3n) is 4.62. The van der Waals surface area contributed by atoms with Crippen molar-refractivity contribution >= 4 is 17.3 Å². The number of hydrogen-bond donors (Lipinski definition) is 0. The number of likely N-dealkylation sites (tertiary alicyclic amines) is 1. The van der Waals surface area contributed by atoms with Crippen LogP contribution in [-0.4, -0.2) is 35.3 Å². The van der Waals surface area contributed by atoms with Crippen LogP contribution in [0.2, 0.25) is 0 Å². The minimum Gasteiger partial charge on any atom is -0.377 e. The third-order valence-corrected chi connectivity index (χ3v) is 4.62. The Balaban J connectivity index is 1.81. The standard InChI is InChI=1S/C19H21NO3/c21-17-10-9-15(18(22)14-7-3-1-4-8-14)19(23)16(17)13-20-11-5-2-6-12-20/h1,3-4,7-8,13,15H,2,5-6,9-12H2. The number of ketones is 3. The Hall–Kier alpha value is -2.23. The highest BCUT2D eigenvalue weighted by Gasteiger charge is 2.37. The minimum absolute atomic E-state index is 0.127. The van der Waals surface area contributed by atoms with Crippen molar-refractivity contribution in [3.05, 3.63) is 47.7 Å². The second kappa shape index (κ2) is 6.90. The Morgan fingerprint density at radius 1 is 1.04 bits per heavy atom. The highest BCUT2D eigenvalue weighted by molar-refractivity contribution is 6.28. The van der Waals surface area contributed by atoms with Gasteiger partial charge in [-0.05, 0) is 25.7 Å². The minimum atomic E-state index is -0.717. The van der Waals surface area contributed by atoms with E-state index < -0.39 is 5.92 Å². The van der Waals surface area contributed by atoms with Crippen molar-refractivity contribution in [2.45, 2.75) is 32.1 Å². The van der Waals surface area contributed by atoms with Crippen molar-refractivity contribution in [2.24, 2.45) is 5.92 Å². The van der Waals surface area contributed by atoms with Crippen LogP contribution in [0.1, 0.15) is 42.5 Å². The fourth-order valence-electron chi connectivity index (χ4n) is 3.29. The number of nitrogens with zero attached hydrogens (tertiary/aromatic N) is 1. The topological polar surface area (TPSA) is 54.5 Å². The van der Waals surface area contributed by atoms with Crippen LogP contribution >= 0.6 is 0 Å². The molecule has 1 heterocycles. The molecule has 1 aliphatic heterocycles. The molecule has 120 valence electrons. The van der Waals surface area contributed by atoms with Gasteiger partial charge < -0.3 is 4.90 Å². The van der Waals surface area contributed by atoms with Gasteiger partial charge in [0, 0.05) is 31.3 Å². The molecule has 0 N–H and O–H groups in total. The van der Waals surface area contributed by atoms with E-state index in [0.29, 0.717) is 12.0 Å². The van der Waals surface area contributed by atoms with Crippen molar-refractivity contribution in [1.82, 2.24) is 4.90 Å². The van der Waals surface area contributed by atoms with Crippen LogP contribution in [0.15, 0.2) is 42.1 Å². The van der Waals surface area contributed by atoms with E-state index in [1.165, 1.54) is 6.42 Å². The van der Waals surface area contributed by atoms with Gasteiger partial charge in [-0.1, -0.05) is 30.3 Å². The molecular weight excluding hydrogens is 290 g/mol. The van der Waals surface area contributed by atoms with Crippen LogP contribution in [0.5, 0.6) is 0 Å². The first-order valence-electron chi connectivity index (χ1n) is 8.29. The van der Waals surface area contributed by atoms with Crippen molar-refractivity contribution in [3.8, 4) is 0 Å². The monoisotopic (exact) mass is 311 g/mol. The number of hydrogen-bond acceptors (Lipinski definition) is 4. The average Bonchev–Trinajstić information content (AvgIpc) is 2.60. The van der Waals surface area contributed by atoms with Crippen molar-refractivity contribution in [1.29, 1.82) is 0 Å². The van der Waals surface area contributed by atoms with Gasteiger partial charge in [0.15, 0.2) is 17.3 Å². The number of rotatable bonds is 3. The quantitative estimate of drug-likeness (QED) is 0.373. The average molecular weight is 311 g/mol. The molecule has 0 amide bonds. The van der Waals surface area contributed by atoms with E-state index in [0.717, 1.165) is 25.9 Å². The van der Waals surface area contributed by atoms with Gasteiger partial charge in [0.05, 0.1) is 11.5 Å². The summed E-state index contributed by atoms with van der Waals surface area (Å²) >= 11 is 0. The Kier molecular flexibility index (Phi) is 4.70. The second-order valence-corrected chi connectivity index (χ2v) is 6.25. The van der Waals surface area contributed by atoms with E-state index >= 15 is 0 Å². The lowest BCUT2D eigenvalue weighted by Crippen LogP contribution is -2.35. The van der Waals surface area contributed by atoms with E-state index in [-0.39, 0.29) is 29.3 Å². The van der Waals surface area contributed by atoms with Gasteiger partial charge in [0.2, 0.25) is 0 Å². The van der Waals surface area contributed by atoms with Gasteiger partial charge >= 0.3 is 0 Å². The van der Waals surface area contributed by atoms with Crippen LogP contribution in [0, 0.1) is 5.92 Å². The van der Waals surface area contributed by atoms with Crippen molar-refractivity contribution < 1.29 is 14.4 Å². The maximum absolute atomic E-state index is 12.7. The van der Waals surface area contributed by atoms with Gasteiger partial charge in [-0.15, -0.1) is 0 Å². The number of carbonyl (C=O) groups is 3. The molecule has 4 nitrogen and oxygen atoms in total. The summed E-state index contributed by atoms with van der Waals surface area (Å²) < 4.78 is 0. The van der Waals surface area contributed by atoms with E-state index in [2.05, 4.69) is 0 Å². The van der Waals surface area contributed by atoms with Crippen molar-refractivity contribution in [2.75, 3.05) is 13.1 Å². The van der Waals surface area contributed by atoms with Crippen LogP contribution in [0.25, 0.3) is 0 Å². The predicted octanol–water partition coefficient (Wildman–Crippen LogP) is 2.79. The van der Waals surface area contributed by atoms with E-state index in [9.17, 15) is 14.4 Å². The molecular formula is C19H21NO3. The molecule has 3 rings (SSSR count). The number of piperidine rings is 1. The molecule has 2 aliphatic rings. The highest BCUT2D eigenvalue weighted by Crippen LogP contribution is 2.27. The summed E-state index contributed by atoms with van der Waals surface area (Å²) in [5.41, 5.74) is 0.755. The molecule has 23 heavy (non-hydrogen) atoms.